The first-order valence-corrected chi connectivity index (χ1v) is 5.64. The van der Waals surface area contributed by atoms with Gasteiger partial charge in [-0.2, -0.15) is 18.3 Å². The van der Waals surface area contributed by atoms with E-state index in [9.17, 15) is 28.1 Å². The highest BCUT2D eigenvalue weighted by atomic mass is 19.4. The quantitative estimate of drug-likeness (QED) is 0.494. The van der Waals surface area contributed by atoms with Crippen LogP contribution >= 0.6 is 0 Å². The molecule has 0 spiro atoms. The SMILES string of the molecule is O=C(Cn1cc([N+](=O)[O-])cn1)c1ccc(C(F)(F)F)cc1. The van der Waals surface area contributed by atoms with E-state index >= 15 is 0 Å². The molecule has 0 saturated carbocycles. The second-order valence-corrected chi connectivity index (χ2v) is 4.15. The van der Waals surface area contributed by atoms with Crippen molar-refractivity contribution in [3.05, 3.63) is 57.9 Å². The number of nitro groups is 1. The molecule has 0 bridgehead atoms. The van der Waals surface area contributed by atoms with E-state index in [2.05, 4.69) is 5.10 Å². The molecule has 0 N–H and O–H groups in total. The van der Waals surface area contributed by atoms with Crippen molar-refractivity contribution in [1.82, 2.24) is 9.78 Å². The van der Waals surface area contributed by atoms with Gasteiger partial charge in [0.15, 0.2) is 5.78 Å². The van der Waals surface area contributed by atoms with Gasteiger partial charge in [-0.25, -0.2) is 0 Å². The van der Waals surface area contributed by atoms with Crippen molar-refractivity contribution in [2.45, 2.75) is 12.7 Å². The Balaban J connectivity index is 2.11. The Bertz CT molecular complexity index is 677. The molecule has 0 aliphatic rings. The van der Waals surface area contributed by atoms with Gasteiger partial charge in [-0.3, -0.25) is 19.6 Å². The smallest absolute Gasteiger partial charge is 0.292 e. The fourth-order valence-corrected chi connectivity index (χ4v) is 1.62. The maximum absolute atomic E-state index is 12.4. The van der Waals surface area contributed by atoms with E-state index in [-0.39, 0.29) is 17.8 Å². The van der Waals surface area contributed by atoms with Crippen LogP contribution in [0.1, 0.15) is 15.9 Å². The summed E-state index contributed by atoms with van der Waals surface area (Å²) in [4.78, 5) is 21.6. The van der Waals surface area contributed by atoms with Crippen molar-refractivity contribution in [1.29, 1.82) is 0 Å². The second-order valence-electron chi connectivity index (χ2n) is 4.15. The first-order chi connectivity index (χ1) is 9.77. The Hall–Kier alpha value is -2.71. The lowest BCUT2D eigenvalue weighted by Crippen LogP contribution is -2.11. The Morgan fingerprint density at radius 3 is 2.38 bits per heavy atom. The largest absolute Gasteiger partial charge is 0.416 e. The molecular formula is C12H8F3N3O3. The molecule has 0 atom stereocenters. The fraction of sp³-hybridized carbons (Fsp3) is 0.167. The third-order valence-corrected chi connectivity index (χ3v) is 2.67. The van der Waals surface area contributed by atoms with Gasteiger partial charge in [0.05, 0.1) is 10.5 Å². The third kappa shape index (κ3) is 3.44. The molecule has 2 aromatic rings. The predicted molar refractivity (Wildman–Crippen MR) is 64.7 cm³/mol. The number of nitrogens with zero attached hydrogens (tertiary/aromatic N) is 3. The number of ketones is 1. The lowest BCUT2D eigenvalue weighted by atomic mass is 10.1. The topological polar surface area (TPSA) is 78.0 Å². The number of rotatable bonds is 4. The fourth-order valence-electron chi connectivity index (χ4n) is 1.62. The highest BCUT2D eigenvalue weighted by Crippen LogP contribution is 2.29. The summed E-state index contributed by atoms with van der Waals surface area (Å²) >= 11 is 0. The van der Waals surface area contributed by atoms with Gasteiger partial charge in [-0.15, -0.1) is 0 Å². The zero-order chi connectivity index (χ0) is 15.6. The van der Waals surface area contributed by atoms with Gasteiger partial charge in [0, 0.05) is 5.56 Å². The molecule has 9 heteroatoms. The molecule has 1 heterocycles. The van der Waals surface area contributed by atoms with Crippen LogP contribution in [0.25, 0.3) is 0 Å². The van der Waals surface area contributed by atoms with Gasteiger partial charge in [0.2, 0.25) is 0 Å². The molecule has 0 saturated heterocycles. The van der Waals surface area contributed by atoms with Crippen LogP contribution in [-0.4, -0.2) is 20.5 Å². The number of halogens is 3. The number of carbonyl (C=O) groups is 1. The van der Waals surface area contributed by atoms with E-state index < -0.39 is 22.4 Å². The number of Topliss-reactive ketones (excluding diaryl/α,β-unsaturated/α-hetero) is 1. The van der Waals surface area contributed by atoms with Crippen molar-refractivity contribution in [3.63, 3.8) is 0 Å². The first kappa shape index (κ1) is 14.7. The van der Waals surface area contributed by atoms with E-state index in [1.165, 1.54) is 0 Å². The molecule has 1 aromatic carbocycles. The van der Waals surface area contributed by atoms with Crippen LogP contribution < -0.4 is 0 Å². The molecule has 1 aromatic heterocycles. The minimum Gasteiger partial charge on any atom is -0.292 e. The van der Waals surface area contributed by atoms with E-state index in [0.717, 1.165) is 41.3 Å². The summed E-state index contributed by atoms with van der Waals surface area (Å²) in [5.74, 6) is -0.498. The Morgan fingerprint density at radius 2 is 1.90 bits per heavy atom. The molecule has 21 heavy (non-hydrogen) atoms. The highest BCUT2D eigenvalue weighted by Gasteiger charge is 2.30. The number of hydrogen-bond donors (Lipinski definition) is 0. The van der Waals surface area contributed by atoms with E-state index in [1.54, 1.807) is 0 Å². The van der Waals surface area contributed by atoms with Gasteiger partial charge in [-0.05, 0) is 12.1 Å². The molecule has 0 unspecified atom stereocenters. The number of benzene rings is 1. The molecule has 0 amide bonds. The number of carbonyl (C=O) groups excluding carboxylic acids is 1. The normalized spacial score (nSPS) is 11.4. The molecule has 0 aliphatic heterocycles. The average Bonchev–Trinajstić information content (AvgIpc) is 2.86. The van der Waals surface area contributed by atoms with Gasteiger partial charge in [0.1, 0.15) is 18.9 Å². The summed E-state index contributed by atoms with van der Waals surface area (Å²) < 4.78 is 38.2. The van der Waals surface area contributed by atoms with E-state index in [1.807, 2.05) is 0 Å². The van der Waals surface area contributed by atoms with E-state index in [0.29, 0.717) is 0 Å². The van der Waals surface area contributed by atoms with Gasteiger partial charge < -0.3 is 0 Å². The summed E-state index contributed by atoms with van der Waals surface area (Å²) in [6, 6.07) is 3.73. The van der Waals surface area contributed by atoms with Crippen molar-refractivity contribution >= 4 is 11.5 Å². The van der Waals surface area contributed by atoms with Crippen LogP contribution in [0, 0.1) is 10.1 Å². The number of alkyl halides is 3. The first-order valence-electron chi connectivity index (χ1n) is 5.64. The van der Waals surface area contributed by atoms with E-state index in [4.69, 9.17) is 0 Å². The number of hydrogen-bond acceptors (Lipinski definition) is 4. The minimum absolute atomic E-state index is 0.0705. The predicted octanol–water partition coefficient (Wildman–Crippen LogP) is 2.69. The summed E-state index contributed by atoms with van der Waals surface area (Å²) in [7, 11) is 0. The zero-order valence-corrected chi connectivity index (χ0v) is 10.4. The zero-order valence-electron chi connectivity index (χ0n) is 10.4. The van der Waals surface area contributed by atoms with Crippen molar-refractivity contribution < 1.29 is 22.9 Å². The van der Waals surface area contributed by atoms with Crippen LogP contribution in [0.5, 0.6) is 0 Å². The third-order valence-electron chi connectivity index (χ3n) is 2.67. The Labute approximate surface area is 116 Å². The molecular weight excluding hydrogens is 291 g/mol. The van der Waals surface area contributed by atoms with Gasteiger partial charge >= 0.3 is 11.9 Å². The Kier molecular flexibility index (Phi) is 3.74. The summed E-state index contributed by atoms with van der Waals surface area (Å²) in [5, 5.41) is 14.1. The summed E-state index contributed by atoms with van der Waals surface area (Å²) in [6.45, 7) is -0.292. The molecule has 0 aliphatic carbocycles. The van der Waals surface area contributed by atoms with Crippen molar-refractivity contribution in [3.8, 4) is 0 Å². The van der Waals surface area contributed by atoms with Crippen LogP contribution in [0.4, 0.5) is 18.9 Å². The average molecular weight is 299 g/mol. The second kappa shape index (κ2) is 5.35. The van der Waals surface area contributed by atoms with Crippen LogP contribution in [0.2, 0.25) is 0 Å². The lowest BCUT2D eigenvalue weighted by Gasteiger charge is -2.07. The minimum atomic E-state index is -4.47. The van der Waals surface area contributed by atoms with Crippen LogP contribution in [0.3, 0.4) is 0 Å². The van der Waals surface area contributed by atoms with Crippen molar-refractivity contribution in [2.75, 3.05) is 0 Å². The molecule has 6 nitrogen and oxygen atoms in total. The summed E-state index contributed by atoms with van der Waals surface area (Å²) in [6.07, 6.45) is -2.41. The van der Waals surface area contributed by atoms with Crippen molar-refractivity contribution in [2.24, 2.45) is 0 Å². The maximum Gasteiger partial charge on any atom is 0.416 e. The lowest BCUT2D eigenvalue weighted by molar-refractivity contribution is -0.385. The highest BCUT2D eigenvalue weighted by molar-refractivity contribution is 5.95. The number of aromatic nitrogens is 2. The van der Waals surface area contributed by atoms with Gasteiger partial charge in [-0.1, -0.05) is 12.1 Å². The Morgan fingerprint density at radius 1 is 1.29 bits per heavy atom. The van der Waals surface area contributed by atoms with Crippen LogP contribution in [0.15, 0.2) is 36.7 Å². The van der Waals surface area contributed by atoms with Crippen LogP contribution in [-0.2, 0) is 12.7 Å². The maximum atomic E-state index is 12.4. The standard InChI is InChI=1S/C12H8F3N3O3/c13-12(14,15)9-3-1-8(2-4-9)11(19)7-17-6-10(5-16-17)18(20)21/h1-6H,7H2. The monoisotopic (exact) mass is 299 g/mol. The summed E-state index contributed by atoms with van der Waals surface area (Å²) in [5.41, 5.74) is -1.05. The van der Waals surface area contributed by atoms with Gasteiger partial charge in [0.25, 0.3) is 0 Å². The molecule has 2 rings (SSSR count). The molecule has 110 valence electrons. The molecule has 0 radical (unpaired) electrons. The molecule has 0 fully saturated rings.